The van der Waals surface area contributed by atoms with Crippen LogP contribution in [0.25, 0.3) is 0 Å². The lowest BCUT2D eigenvalue weighted by Crippen LogP contribution is -2.01. The average Bonchev–Trinajstić information content (AvgIpc) is 2.46. The second-order valence-corrected chi connectivity index (χ2v) is 5.09. The van der Waals surface area contributed by atoms with Crippen LogP contribution < -0.4 is 4.74 Å². The van der Waals surface area contributed by atoms with Gasteiger partial charge in [0.2, 0.25) is 0 Å². The first-order valence-electron chi connectivity index (χ1n) is 6.00. The highest BCUT2D eigenvalue weighted by molar-refractivity contribution is 7.99. The summed E-state index contributed by atoms with van der Waals surface area (Å²) in [7, 11) is 0. The first-order valence-corrected chi connectivity index (χ1v) is 6.99. The van der Waals surface area contributed by atoms with Crippen LogP contribution in [0.3, 0.4) is 0 Å². The molecule has 0 bridgehead atoms. The Morgan fingerprint density at radius 2 is 1.85 bits per heavy atom. The van der Waals surface area contributed by atoms with E-state index in [9.17, 15) is 9.18 Å². The molecule has 2 aromatic carbocycles. The van der Waals surface area contributed by atoms with Gasteiger partial charge in [0.15, 0.2) is 0 Å². The van der Waals surface area contributed by atoms with Crippen molar-refractivity contribution >= 4 is 17.7 Å². The average molecular weight is 292 g/mol. The van der Waals surface area contributed by atoms with Gasteiger partial charge in [-0.05, 0) is 36.4 Å². The van der Waals surface area contributed by atoms with Gasteiger partial charge in [-0.2, -0.15) is 0 Å². The number of carboxylic acids is 1. The van der Waals surface area contributed by atoms with Crippen LogP contribution in [0.1, 0.15) is 10.4 Å². The van der Waals surface area contributed by atoms with E-state index in [2.05, 4.69) is 0 Å². The van der Waals surface area contributed by atoms with E-state index in [0.29, 0.717) is 23.0 Å². The highest BCUT2D eigenvalue weighted by Gasteiger charge is 2.03. The van der Waals surface area contributed by atoms with Crippen LogP contribution in [0.4, 0.5) is 4.39 Å². The minimum Gasteiger partial charge on any atom is -0.493 e. The van der Waals surface area contributed by atoms with E-state index in [1.807, 2.05) is 0 Å². The molecule has 104 valence electrons. The van der Waals surface area contributed by atoms with Gasteiger partial charge in [-0.1, -0.05) is 12.1 Å². The third kappa shape index (κ3) is 3.99. The summed E-state index contributed by atoms with van der Waals surface area (Å²) in [6.07, 6.45) is 0. The van der Waals surface area contributed by atoms with Gasteiger partial charge in [-0.3, -0.25) is 0 Å². The van der Waals surface area contributed by atoms with Crippen LogP contribution in [-0.4, -0.2) is 23.4 Å². The third-order valence-corrected chi connectivity index (χ3v) is 3.56. The molecule has 0 amide bonds. The molecule has 3 nitrogen and oxygen atoms in total. The summed E-state index contributed by atoms with van der Waals surface area (Å²) < 4.78 is 18.8. The number of ether oxygens (including phenoxy) is 1. The fraction of sp³-hybridized carbons (Fsp3) is 0.133. The van der Waals surface area contributed by atoms with Crippen LogP contribution in [0.2, 0.25) is 0 Å². The Kier molecular flexibility index (Phi) is 5.01. The summed E-state index contributed by atoms with van der Waals surface area (Å²) in [6.45, 7) is 0.422. The summed E-state index contributed by atoms with van der Waals surface area (Å²) in [5.41, 5.74) is 0.220. The van der Waals surface area contributed by atoms with Crippen LogP contribution >= 0.6 is 11.8 Å². The Labute approximate surface area is 120 Å². The molecule has 20 heavy (non-hydrogen) atoms. The molecule has 2 aromatic rings. The summed E-state index contributed by atoms with van der Waals surface area (Å²) in [5, 5.41) is 8.76. The monoisotopic (exact) mass is 292 g/mol. The molecule has 0 saturated heterocycles. The molecule has 5 heteroatoms. The maximum Gasteiger partial charge on any atom is 0.335 e. The number of hydrogen-bond donors (Lipinski definition) is 1. The quantitative estimate of drug-likeness (QED) is 0.651. The van der Waals surface area contributed by atoms with Crippen molar-refractivity contribution in [1.82, 2.24) is 0 Å². The van der Waals surface area contributed by atoms with E-state index in [-0.39, 0.29) is 11.4 Å². The van der Waals surface area contributed by atoms with Gasteiger partial charge >= 0.3 is 5.97 Å². The van der Waals surface area contributed by atoms with Crippen molar-refractivity contribution in [2.45, 2.75) is 4.90 Å². The lowest BCUT2D eigenvalue weighted by molar-refractivity contribution is 0.0697. The molecule has 2 rings (SSSR count). The van der Waals surface area contributed by atoms with E-state index in [1.54, 1.807) is 30.3 Å². The Balaban J connectivity index is 1.79. The molecule has 0 spiro atoms. The fourth-order valence-electron chi connectivity index (χ4n) is 1.57. The van der Waals surface area contributed by atoms with Crippen molar-refractivity contribution in [3.8, 4) is 5.75 Å². The van der Waals surface area contributed by atoms with Crippen molar-refractivity contribution < 1.29 is 19.0 Å². The van der Waals surface area contributed by atoms with Crippen LogP contribution in [-0.2, 0) is 0 Å². The van der Waals surface area contributed by atoms with Crippen molar-refractivity contribution in [1.29, 1.82) is 0 Å². The fourth-order valence-corrected chi connectivity index (χ4v) is 2.33. The number of benzene rings is 2. The van der Waals surface area contributed by atoms with Gasteiger partial charge in [0.05, 0.1) is 12.2 Å². The molecular formula is C15H13FO3S. The molecular weight excluding hydrogens is 279 g/mol. The molecule has 0 aliphatic rings. The van der Waals surface area contributed by atoms with Crippen molar-refractivity contribution in [3.05, 3.63) is 59.9 Å². The molecule has 0 saturated carbocycles. The molecule has 0 unspecified atom stereocenters. The standard InChI is InChI=1S/C15H13FO3S/c16-13-3-1-2-4-14(13)20-10-9-19-12-7-5-11(6-8-12)15(17)18/h1-8H,9-10H2,(H,17,18). The zero-order chi connectivity index (χ0) is 14.4. The predicted octanol–water partition coefficient (Wildman–Crippen LogP) is 3.70. The normalized spacial score (nSPS) is 10.2. The molecule has 0 fully saturated rings. The Morgan fingerprint density at radius 3 is 2.50 bits per heavy atom. The number of aromatic carboxylic acids is 1. The zero-order valence-electron chi connectivity index (χ0n) is 10.6. The predicted molar refractivity (Wildman–Crippen MR) is 76.0 cm³/mol. The second kappa shape index (κ2) is 6.96. The Bertz CT molecular complexity index is 584. The zero-order valence-corrected chi connectivity index (χ0v) is 11.4. The van der Waals surface area contributed by atoms with Gasteiger partial charge < -0.3 is 9.84 Å². The molecule has 0 heterocycles. The van der Waals surface area contributed by atoms with E-state index in [4.69, 9.17) is 9.84 Å². The largest absolute Gasteiger partial charge is 0.493 e. The van der Waals surface area contributed by atoms with Gasteiger partial charge in [0.25, 0.3) is 0 Å². The number of halogens is 1. The van der Waals surface area contributed by atoms with Gasteiger partial charge in [0, 0.05) is 10.6 Å². The smallest absolute Gasteiger partial charge is 0.335 e. The van der Waals surface area contributed by atoms with Gasteiger partial charge in [-0.15, -0.1) is 11.8 Å². The number of rotatable bonds is 6. The maximum absolute atomic E-state index is 13.3. The number of carbonyl (C=O) groups is 1. The maximum atomic E-state index is 13.3. The Morgan fingerprint density at radius 1 is 1.15 bits per heavy atom. The van der Waals surface area contributed by atoms with E-state index in [0.717, 1.165) is 0 Å². The number of hydrogen-bond acceptors (Lipinski definition) is 3. The van der Waals surface area contributed by atoms with E-state index >= 15 is 0 Å². The van der Waals surface area contributed by atoms with Gasteiger partial charge in [0.1, 0.15) is 11.6 Å². The van der Waals surface area contributed by atoms with Gasteiger partial charge in [-0.25, -0.2) is 9.18 Å². The summed E-state index contributed by atoms with van der Waals surface area (Å²) in [4.78, 5) is 11.3. The Hall–Kier alpha value is -2.01. The first-order chi connectivity index (χ1) is 9.66. The van der Waals surface area contributed by atoms with E-state index < -0.39 is 5.97 Å². The minimum absolute atomic E-state index is 0.220. The molecule has 0 radical (unpaired) electrons. The third-order valence-electron chi connectivity index (χ3n) is 2.55. The summed E-state index contributed by atoms with van der Waals surface area (Å²) in [5.74, 6) is 0.0147. The molecule has 0 aliphatic heterocycles. The van der Waals surface area contributed by atoms with Crippen molar-refractivity contribution in [2.24, 2.45) is 0 Å². The van der Waals surface area contributed by atoms with Crippen LogP contribution in [0.5, 0.6) is 5.75 Å². The lowest BCUT2D eigenvalue weighted by Gasteiger charge is -2.06. The summed E-state index contributed by atoms with van der Waals surface area (Å²) >= 11 is 1.38. The van der Waals surface area contributed by atoms with Crippen LogP contribution in [0, 0.1) is 5.82 Å². The first kappa shape index (κ1) is 14.4. The molecule has 0 aliphatic carbocycles. The van der Waals surface area contributed by atoms with Crippen molar-refractivity contribution in [2.75, 3.05) is 12.4 Å². The topological polar surface area (TPSA) is 46.5 Å². The SMILES string of the molecule is O=C(O)c1ccc(OCCSc2ccccc2F)cc1. The molecule has 0 atom stereocenters. The van der Waals surface area contributed by atoms with Crippen molar-refractivity contribution in [3.63, 3.8) is 0 Å². The lowest BCUT2D eigenvalue weighted by atomic mass is 10.2. The molecule has 0 aromatic heterocycles. The minimum atomic E-state index is -0.966. The number of carboxylic acid groups (broad SMARTS) is 1. The highest BCUT2D eigenvalue weighted by atomic mass is 32.2. The second-order valence-electron chi connectivity index (χ2n) is 3.96. The summed E-state index contributed by atoms with van der Waals surface area (Å²) in [6, 6.07) is 12.8. The highest BCUT2D eigenvalue weighted by Crippen LogP contribution is 2.21. The number of thioether (sulfide) groups is 1. The van der Waals surface area contributed by atoms with Crippen LogP contribution in [0.15, 0.2) is 53.4 Å². The van der Waals surface area contributed by atoms with E-state index in [1.165, 1.54) is 30.0 Å². The molecule has 1 N–H and O–H groups in total.